The van der Waals surface area contributed by atoms with E-state index in [1.807, 2.05) is 0 Å². The SMILES string of the molecule is CC(C)[Si](O[C@H]1O[C@H](C2CC2)CC[C@@H]1O)(C(C)C)C(C)C. The maximum atomic E-state index is 10.4. The topological polar surface area (TPSA) is 38.7 Å². The van der Waals surface area contributed by atoms with Gasteiger partial charge in [0.1, 0.15) is 6.10 Å². The minimum atomic E-state index is -1.99. The standard InChI is InChI=1S/C17H34O3Si/c1-11(2)21(12(3)4,13(5)6)20-17-15(18)9-10-16(19-17)14-7-8-14/h11-18H,7-10H2,1-6H3/t15-,16-,17+/m0/s1. The Kier molecular flexibility index (Phi) is 5.56. The maximum absolute atomic E-state index is 10.4. The van der Waals surface area contributed by atoms with Crippen LogP contribution in [0.25, 0.3) is 0 Å². The van der Waals surface area contributed by atoms with Crippen LogP contribution in [0.1, 0.15) is 67.2 Å². The summed E-state index contributed by atoms with van der Waals surface area (Å²) in [5.41, 5.74) is 1.57. The molecule has 0 aromatic rings. The fourth-order valence-corrected chi connectivity index (χ4v) is 9.76. The minimum absolute atomic E-state index is 0.316. The number of aliphatic hydroxyl groups excluding tert-OH is 1. The molecule has 0 aromatic heterocycles. The van der Waals surface area contributed by atoms with Gasteiger partial charge >= 0.3 is 0 Å². The Labute approximate surface area is 131 Å². The van der Waals surface area contributed by atoms with Crippen molar-refractivity contribution in [2.75, 3.05) is 0 Å². The summed E-state index contributed by atoms with van der Waals surface area (Å²) in [4.78, 5) is 0. The molecule has 124 valence electrons. The van der Waals surface area contributed by atoms with Crippen LogP contribution >= 0.6 is 0 Å². The van der Waals surface area contributed by atoms with Gasteiger partial charge in [0.2, 0.25) is 8.32 Å². The Morgan fingerprint density at radius 2 is 1.43 bits per heavy atom. The van der Waals surface area contributed by atoms with Crippen molar-refractivity contribution >= 4 is 8.32 Å². The molecule has 0 radical (unpaired) electrons. The Hall–Kier alpha value is 0.0969. The van der Waals surface area contributed by atoms with Gasteiger partial charge in [-0.15, -0.1) is 0 Å². The molecule has 1 aliphatic heterocycles. The molecule has 2 fully saturated rings. The third-order valence-electron chi connectivity index (χ3n) is 5.55. The maximum Gasteiger partial charge on any atom is 0.203 e. The molecule has 1 saturated carbocycles. The molecule has 21 heavy (non-hydrogen) atoms. The number of ether oxygens (including phenoxy) is 1. The van der Waals surface area contributed by atoms with Crippen molar-refractivity contribution in [2.24, 2.45) is 5.92 Å². The normalized spacial score (nSPS) is 31.4. The van der Waals surface area contributed by atoms with E-state index in [2.05, 4.69) is 41.5 Å². The average molecular weight is 315 g/mol. The van der Waals surface area contributed by atoms with Gasteiger partial charge in [0, 0.05) is 0 Å². The number of hydrogen-bond acceptors (Lipinski definition) is 3. The van der Waals surface area contributed by atoms with Gasteiger partial charge in [-0.3, -0.25) is 0 Å². The summed E-state index contributed by atoms with van der Waals surface area (Å²) < 4.78 is 12.8. The molecule has 3 atom stereocenters. The lowest BCUT2D eigenvalue weighted by molar-refractivity contribution is -0.212. The zero-order valence-corrected chi connectivity index (χ0v) is 15.6. The van der Waals surface area contributed by atoms with Crippen molar-refractivity contribution in [3.05, 3.63) is 0 Å². The molecular formula is C17H34O3Si. The van der Waals surface area contributed by atoms with E-state index in [0.29, 0.717) is 22.7 Å². The first kappa shape index (κ1) is 17.5. The second kappa shape index (κ2) is 6.69. The molecule has 0 aromatic carbocycles. The number of hydrogen-bond donors (Lipinski definition) is 1. The molecule has 0 amide bonds. The number of rotatable bonds is 6. The molecule has 2 rings (SSSR count). The van der Waals surface area contributed by atoms with Crippen LogP contribution in [0.15, 0.2) is 0 Å². The highest BCUT2D eigenvalue weighted by Gasteiger charge is 2.49. The molecule has 0 spiro atoms. The van der Waals surface area contributed by atoms with E-state index >= 15 is 0 Å². The van der Waals surface area contributed by atoms with Crippen molar-refractivity contribution in [3.63, 3.8) is 0 Å². The minimum Gasteiger partial charge on any atom is -0.390 e. The van der Waals surface area contributed by atoms with Gasteiger partial charge in [-0.2, -0.15) is 0 Å². The summed E-state index contributed by atoms with van der Waals surface area (Å²) in [6.07, 6.45) is 3.85. The fourth-order valence-electron chi connectivity index (χ4n) is 4.33. The third-order valence-corrected chi connectivity index (χ3v) is 11.6. The molecular weight excluding hydrogens is 280 g/mol. The summed E-state index contributed by atoms with van der Waals surface area (Å²) in [5, 5.41) is 10.4. The van der Waals surface area contributed by atoms with Crippen molar-refractivity contribution in [2.45, 2.75) is 102 Å². The lowest BCUT2D eigenvalue weighted by Crippen LogP contribution is -2.55. The fraction of sp³-hybridized carbons (Fsp3) is 1.00. The molecule has 1 aliphatic carbocycles. The van der Waals surface area contributed by atoms with Crippen LogP contribution in [-0.4, -0.2) is 31.9 Å². The van der Waals surface area contributed by atoms with Crippen LogP contribution < -0.4 is 0 Å². The summed E-state index contributed by atoms with van der Waals surface area (Å²) in [6, 6.07) is 0. The molecule has 2 aliphatic rings. The second-order valence-corrected chi connectivity index (χ2v) is 13.4. The monoisotopic (exact) mass is 314 g/mol. The van der Waals surface area contributed by atoms with Gasteiger partial charge in [0.15, 0.2) is 6.29 Å². The molecule has 1 saturated heterocycles. The summed E-state index contributed by atoms with van der Waals surface area (Å²) in [6.45, 7) is 13.7. The van der Waals surface area contributed by atoms with Crippen LogP contribution in [0.3, 0.4) is 0 Å². The van der Waals surface area contributed by atoms with Crippen molar-refractivity contribution in [3.8, 4) is 0 Å². The van der Waals surface area contributed by atoms with Gasteiger partial charge in [0.25, 0.3) is 0 Å². The molecule has 1 heterocycles. The predicted molar refractivity (Wildman–Crippen MR) is 88.8 cm³/mol. The Bertz CT molecular complexity index is 317. The Morgan fingerprint density at radius 3 is 1.86 bits per heavy atom. The van der Waals surface area contributed by atoms with E-state index in [9.17, 15) is 5.11 Å². The van der Waals surface area contributed by atoms with Gasteiger partial charge in [-0.25, -0.2) is 0 Å². The van der Waals surface area contributed by atoms with E-state index in [1.54, 1.807) is 0 Å². The first-order valence-electron chi connectivity index (χ1n) is 8.80. The highest BCUT2D eigenvalue weighted by Crippen LogP contribution is 2.45. The molecule has 0 bridgehead atoms. The first-order valence-corrected chi connectivity index (χ1v) is 10.9. The lowest BCUT2D eigenvalue weighted by Gasteiger charge is -2.47. The average Bonchev–Trinajstić information content (AvgIpc) is 3.20. The summed E-state index contributed by atoms with van der Waals surface area (Å²) >= 11 is 0. The van der Waals surface area contributed by atoms with E-state index in [4.69, 9.17) is 9.16 Å². The van der Waals surface area contributed by atoms with Crippen LogP contribution in [-0.2, 0) is 9.16 Å². The third kappa shape index (κ3) is 3.54. The molecule has 4 heteroatoms. The molecule has 0 unspecified atom stereocenters. The van der Waals surface area contributed by atoms with E-state index in [-0.39, 0.29) is 0 Å². The predicted octanol–water partition coefficient (Wildman–Crippen LogP) is 4.45. The van der Waals surface area contributed by atoms with Crippen LogP contribution in [0.5, 0.6) is 0 Å². The van der Waals surface area contributed by atoms with Gasteiger partial charge < -0.3 is 14.3 Å². The highest BCUT2D eigenvalue weighted by molar-refractivity contribution is 6.77. The van der Waals surface area contributed by atoms with Gasteiger partial charge in [-0.1, -0.05) is 41.5 Å². The quantitative estimate of drug-likeness (QED) is 0.736. The second-order valence-electron chi connectivity index (χ2n) is 7.96. The largest absolute Gasteiger partial charge is 0.390 e. The number of aliphatic hydroxyl groups is 1. The Morgan fingerprint density at radius 1 is 0.905 bits per heavy atom. The molecule has 1 N–H and O–H groups in total. The molecule has 3 nitrogen and oxygen atoms in total. The summed E-state index contributed by atoms with van der Waals surface area (Å²) in [7, 11) is -1.99. The van der Waals surface area contributed by atoms with Crippen molar-refractivity contribution in [1.29, 1.82) is 0 Å². The highest BCUT2D eigenvalue weighted by atomic mass is 28.4. The van der Waals surface area contributed by atoms with E-state index in [1.165, 1.54) is 12.8 Å². The Balaban J connectivity index is 2.13. The van der Waals surface area contributed by atoms with Gasteiger partial charge in [-0.05, 0) is 48.2 Å². The first-order chi connectivity index (χ1) is 9.79. The van der Waals surface area contributed by atoms with E-state index < -0.39 is 20.7 Å². The van der Waals surface area contributed by atoms with E-state index in [0.717, 1.165) is 18.8 Å². The van der Waals surface area contributed by atoms with Gasteiger partial charge in [0.05, 0.1) is 6.10 Å². The van der Waals surface area contributed by atoms with Crippen LogP contribution in [0.4, 0.5) is 0 Å². The lowest BCUT2D eigenvalue weighted by atomic mass is 10.0. The summed E-state index contributed by atoms with van der Waals surface area (Å²) in [5.74, 6) is 0.719. The zero-order valence-electron chi connectivity index (χ0n) is 14.6. The van der Waals surface area contributed by atoms with Crippen molar-refractivity contribution in [1.82, 2.24) is 0 Å². The zero-order chi connectivity index (χ0) is 15.8. The van der Waals surface area contributed by atoms with Crippen LogP contribution in [0, 0.1) is 5.92 Å². The van der Waals surface area contributed by atoms with Crippen LogP contribution in [0.2, 0.25) is 16.6 Å². The van der Waals surface area contributed by atoms with Crippen molar-refractivity contribution < 1.29 is 14.3 Å². The smallest absolute Gasteiger partial charge is 0.203 e.